The van der Waals surface area contributed by atoms with Crippen LogP contribution in [0.1, 0.15) is 44.6 Å². The summed E-state index contributed by atoms with van der Waals surface area (Å²) >= 11 is 0. The Morgan fingerprint density at radius 1 is 1.32 bits per heavy atom. The lowest BCUT2D eigenvalue weighted by atomic mass is 9.74. The van der Waals surface area contributed by atoms with E-state index in [1.165, 1.54) is 0 Å². The third-order valence-electron chi connectivity index (χ3n) is 4.83. The first kappa shape index (κ1) is 19.2. The Bertz CT molecular complexity index is 613. The van der Waals surface area contributed by atoms with Gasteiger partial charge in [0.15, 0.2) is 0 Å². The maximum atomic E-state index is 12.4. The zero-order chi connectivity index (χ0) is 18.3. The van der Waals surface area contributed by atoms with Crippen molar-refractivity contribution in [2.45, 2.75) is 51.7 Å². The highest BCUT2D eigenvalue weighted by Crippen LogP contribution is 2.46. The molecule has 0 N–H and O–H groups in total. The van der Waals surface area contributed by atoms with E-state index in [1.807, 2.05) is 37.3 Å². The van der Waals surface area contributed by atoms with E-state index in [9.17, 15) is 14.0 Å². The number of rotatable bonds is 9. The maximum Gasteiger partial charge on any atom is 0.316 e. The standard InChI is InChI=1S/C20H25FO4/c1-3-20(11-7-8-12-21)15(2)17(25-19(20)23)13-18(22)24-14-16-9-5-4-6-10-16/h4-6,9-10,17H,2-3,7-8,11-14H2,1H3/t17-,20?/m0/s1. The van der Waals surface area contributed by atoms with Crippen molar-refractivity contribution in [1.82, 2.24) is 0 Å². The van der Waals surface area contributed by atoms with Gasteiger partial charge in [-0.2, -0.15) is 0 Å². The average Bonchev–Trinajstić information content (AvgIpc) is 2.85. The average molecular weight is 348 g/mol. The van der Waals surface area contributed by atoms with Crippen molar-refractivity contribution in [3.8, 4) is 0 Å². The van der Waals surface area contributed by atoms with Gasteiger partial charge in [0.2, 0.25) is 0 Å². The third-order valence-corrected chi connectivity index (χ3v) is 4.83. The fourth-order valence-electron chi connectivity index (χ4n) is 3.20. The molecule has 1 saturated heterocycles. The molecule has 4 nitrogen and oxygen atoms in total. The van der Waals surface area contributed by atoms with E-state index in [2.05, 4.69) is 6.58 Å². The van der Waals surface area contributed by atoms with Gasteiger partial charge in [0.25, 0.3) is 0 Å². The number of cyclic esters (lactones) is 1. The van der Waals surface area contributed by atoms with Crippen LogP contribution in [0.25, 0.3) is 0 Å². The fourth-order valence-corrected chi connectivity index (χ4v) is 3.20. The molecule has 5 heteroatoms. The number of carbonyl (C=O) groups excluding carboxylic acids is 2. The number of ether oxygens (including phenoxy) is 2. The van der Waals surface area contributed by atoms with Crippen molar-refractivity contribution in [3.63, 3.8) is 0 Å². The number of carbonyl (C=O) groups is 2. The minimum absolute atomic E-state index is 0.0394. The van der Waals surface area contributed by atoms with Crippen molar-refractivity contribution in [2.24, 2.45) is 5.41 Å². The van der Waals surface area contributed by atoms with Crippen LogP contribution in [0.2, 0.25) is 0 Å². The molecular formula is C20H25FO4. The van der Waals surface area contributed by atoms with Crippen LogP contribution in [-0.2, 0) is 25.7 Å². The molecule has 136 valence electrons. The van der Waals surface area contributed by atoms with Gasteiger partial charge in [-0.25, -0.2) is 0 Å². The lowest BCUT2D eigenvalue weighted by molar-refractivity contribution is -0.153. The Hall–Kier alpha value is -2.17. The summed E-state index contributed by atoms with van der Waals surface area (Å²) in [5.41, 5.74) is 0.697. The van der Waals surface area contributed by atoms with Crippen LogP contribution < -0.4 is 0 Å². The summed E-state index contributed by atoms with van der Waals surface area (Å²) in [5, 5.41) is 0. The number of unbranched alkanes of at least 4 members (excludes halogenated alkanes) is 1. The summed E-state index contributed by atoms with van der Waals surface area (Å²) < 4.78 is 23.0. The normalized spacial score (nSPS) is 22.7. The molecule has 1 aromatic rings. The van der Waals surface area contributed by atoms with Crippen molar-refractivity contribution >= 4 is 11.9 Å². The third kappa shape index (κ3) is 4.47. The van der Waals surface area contributed by atoms with Crippen LogP contribution in [0.4, 0.5) is 4.39 Å². The van der Waals surface area contributed by atoms with E-state index in [0.29, 0.717) is 31.3 Å². The maximum absolute atomic E-state index is 12.4. The van der Waals surface area contributed by atoms with E-state index >= 15 is 0 Å². The Labute approximate surface area is 148 Å². The van der Waals surface area contributed by atoms with Crippen LogP contribution in [0.5, 0.6) is 0 Å². The van der Waals surface area contributed by atoms with E-state index in [0.717, 1.165) is 5.56 Å². The van der Waals surface area contributed by atoms with E-state index in [-0.39, 0.29) is 19.0 Å². The van der Waals surface area contributed by atoms with E-state index in [4.69, 9.17) is 9.47 Å². The number of alkyl halides is 1. The summed E-state index contributed by atoms with van der Waals surface area (Å²) in [6.45, 7) is 5.68. The van der Waals surface area contributed by atoms with Crippen LogP contribution in [0.15, 0.2) is 42.5 Å². The van der Waals surface area contributed by atoms with E-state index in [1.54, 1.807) is 0 Å². The largest absolute Gasteiger partial charge is 0.461 e. The highest BCUT2D eigenvalue weighted by molar-refractivity contribution is 5.85. The van der Waals surface area contributed by atoms with Crippen LogP contribution >= 0.6 is 0 Å². The Balaban J connectivity index is 1.92. The van der Waals surface area contributed by atoms with Crippen LogP contribution in [0.3, 0.4) is 0 Å². The molecule has 2 rings (SSSR count). The zero-order valence-electron chi connectivity index (χ0n) is 14.6. The smallest absolute Gasteiger partial charge is 0.316 e. The molecule has 1 aliphatic heterocycles. The highest BCUT2D eigenvalue weighted by atomic mass is 19.1. The summed E-state index contributed by atoms with van der Waals surface area (Å²) in [5.74, 6) is -0.793. The van der Waals surface area contributed by atoms with Gasteiger partial charge in [-0.1, -0.05) is 43.8 Å². The van der Waals surface area contributed by atoms with Crippen LogP contribution in [-0.4, -0.2) is 24.7 Å². The summed E-state index contributed by atoms with van der Waals surface area (Å²) in [6, 6.07) is 9.37. The molecule has 1 aromatic carbocycles. The lowest BCUT2D eigenvalue weighted by Crippen LogP contribution is -2.27. The van der Waals surface area contributed by atoms with E-state index < -0.39 is 24.2 Å². The van der Waals surface area contributed by atoms with Gasteiger partial charge in [0.05, 0.1) is 18.5 Å². The first-order valence-corrected chi connectivity index (χ1v) is 8.69. The molecule has 0 aliphatic carbocycles. The molecule has 0 radical (unpaired) electrons. The molecule has 0 amide bonds. The van der Waals surface area contributed by atoms with Gasteiger partial charge >= 0.3 is 11.9 Å². The minimum atomic E-state index is -0.806. The van der Waals surface area contributed by atoms with Crippen LogP contribution in [0, 0.1) is 5.41 Å². The van der Waals surface area contributed by atoms with Gasteiger partial charge in [0, 0.05) is 0 Å². The summed E-state index contributed by atoms with van der Waals surface area (Å²) in [4.78, 5) is 24.5. The van der Waals surface area contributed by atoms with Crippen molar-refractivity contribution in [1.29, 1.82) is 0 Å². The molecule has 0 bridgehead atoms. The zero-order valence-corrected chi connectivity index (χ0v) is 14.6. The molecule has 0 aromatic heterocycles. The monoisotopic (exact) mass is 348 g/mol. The van der Waals surface area contributed by atoms with Gasteiger partial charge < -0.3 is 9.47 Å². The molecular weight excluding hydrogens is 323 g/mol. The van der Waals surface area contributed by atoms with Crippen molar-refractivity contribution in [3.05, 3.63) is 48.0 Å². The fraction of sp³-hybridized carbons (Fsp3) is 0.500. The minimum Gasteiger partial charge on any atom is -0.461 e. The van der Waals surface area contributed by atoms with Crippen molar-refractivity contribution < 1.29 is 23.5 Å². The first-order chi connectivity index (χ1) is 12.0. The Morgan fingerprint density at radius 3 is 2.68 bits per heavy atom. The molecule has 1 unspecified atom stereocenters. The molecule has 1 fully saturated rings. The first-order valence-electron chi connectivity index (χ1n) is 8.69. The van der Waals surface area contributed by atoms with Gasteiger partial charge in [-0.3, -0.25) is 14.0 Å². The SMILES string of the molecule is C=C1[C@H](CC(=O)OCc2ccccc2)OC(=O)C1(CC)CCCCF. The molecule has 2 atom stereocenters. The van der Waals surface area contributed by atoms with Crippen molar-refractivity contribution in [2.75, 3.05) is 6.67 Å². The molecule has 25 heavy (non-hydrogen) atoms. The van der Waals surface area contributed by atoms with Gasteiger partial charge in [0.1, 0.15) is 12.7 Å². The Morgan fingerprint density at radius 2 is 2.04 bits per heavy atom. The number of halogens is 1. The topological polar surface area (TPSA) is 52.6 Å². The lowest BCUT2D eigenvalue weighted by Gasteiger charge is -2.24. The molecule has 1 heterocycles. The molecule has 0 spiro atoms. The Kier molecular flexibility index (Phi) is 6.73. The highest BCUT2D eigenvalue weighted by Gasteiger charge is 2.51. The molecule has 0 saturated carbocycles. The predicted molar refractivity (Wildman–Crippen MR) is 92.4 cm³/mol. The number of hydrogen-bond donors (Lipinski definition) is 0. The van der Waals surface area contributed by atoms with Gasteiger partial charge in [-0.15, -0.1) is 0 Å². The number of hydrogen-bond acceptors (Lipinski definition) is 4. The molecule has 1 aliphatic rings. The van der Waals surface area contributed by atoms with Gasteiger partial charge in [-0.05, 0) is 36.8 Å². The summed E-state index contributed by atoms with van der Waals surface area (Å²) in [7, 11) is 0. The summed E-state index contributed by atoms with van der Waals surface area (Å²) in [6.07, 6.45) is 1.33. The number of esters is 2. The second-order valence-electron chi connectivity index (χ2n) is 6.35. The second kappa shape index (κ2) is 8.79. The predicted octanol–water partition coefficient (Wildman–Crippen LogP) is 4.14. The number of benzene rings is 1. The second-order valence-corrected chi connectivity index (χ2v) is 6.35. The quantitative estimate of drug-likeness (QED) is 0.382.